The van der Waals surface area contributed by atoms with Crippen molar-refractivity contribution in [2.75, 3.05) is 13.6 Å². The molecule has 0 radical (unpaired) electrons. The van der Waals surface area contributed by atoms with E-state index in [4.69, 9.17) is 5.73 Å². The molecular formula is C14H23N3O3S. The van der Waals surface area contributed by atoms with E-state index in [1.165, 1.54) is 6.07 Å². The third-order valence-electron chi connectivity index (χ3n) is 3.29. The lowest BCUT2D eigenvalue weighted by atomic mass is 10.1. The molecule has 118 valence electrons. The van der Waals surface area contributed by atoms with Gasteiger partial charge in [-0.3, -0.25) is 4.79 Å². The molecular weight excluding hydrogens is 290 g/mol. The van der Waals surface area contributed by atoms with E-state index in [0.717, 1.165) is 9.87 Å². The molecule has 1 rings (SSSR count). The Morgan fingerprint density at radius 2 is 1.95 bits per heavy atom. The van der Waals surface area contributed by atoms with Crippen LogP contribution in [0.5, 0.6) is 0 Å². The molecule has 1 unspecified atom stereocenters. The fourth-order valence-electron chi connectivity index (χ4n) is 1.95. The van der Waals surface area contributed by atoms with Crippen molar-refractivity contribution < 1.29 is 13.2 Å². The van der Waals surface area contributed by atoms with Crippen LogP contribution in [0.25, 0.3) is 0 Å². The van der Waals surface area contributed by atoms with Crippen LogP contribution in [0.1, 0.15) is 32.4 Å². The molecule has 1 aromatic carbocycles. The van der Waals surface area contributed by atoms with Gasteiger partial charge in [0.25, 0.3) is 0 Å². The Hall–Kier alpha value is -1.44. The molecule has 21 heavy (non-hydrogen) atoms. The molecule has 1 aromatic rings. The third kappa shape index (κ3) is 4.26. The van der Waals surface area contributed by atoms with Crippen LogP contribution in [-0.2, 0) is 14.8 Å². The van der Waals surface area contributed by atoms with Crippen molar-refractivity contribution in [1.82, 2.24) is 9.62 Å². The SMILES string of the molecule is CNC(C)c1cccc(S(=O)(=O)N(CC(N)=O)C(C)C)c1. The van der Waals surface area contributed by atoms with Gasteiger partial charge in [0.05, 0.1) is 11.4 Å². The number of carbonyl (C=O) groups excluding carboxylic acids is 1. The summed E-state index contributed by atoms with van der Waals surface area (Å²) in [6.45, 7) is 5.03. The van der Waals surface area contributed by atoms with E-state index >= 15 is 0 Å². The van der Waals surface area contributed by atoms with E-state index in [-0.39, 0.29) is 23.5 Å². The Morgan fingerprint density at radius 3 is 2.43 bits per heavy atom. The van der Waals surface area contributed by atoms with Gasteiger partial charge in [-0.15, -0.1) is 0 Å². The molecule has 0 bridgehead atoms. The number of nitrogens with one attached hydrogen (secondary N) is 1. The number of primary amides is 1. The lowest BCUT2D eigenvalue weighted by Crippen LogP contribution is -2.42. The van der Waals surface area contributed by atoms with Gasteiger partial charge in [0.15, 0.2) is 0 Å². The van der Waals surface area contributed by atoms with Crippen LogP contribution in [0.3, 0.4) is 0 Å². The van der Waals surface area contributed by atoms with E-state index in [1.54, 1.807) is 33.0 Å². The van der Waals surface area contributed by atoms with Crippen molar-refractivity contribution >= 4 is 15.9 Å². The lowest BCUT2D eigenvalue weighted by Gasteiger charge is -2.25. The maximum atomic E-state index is 12.7. The first-order valence-electron chi connectivity index (χ1n) is 6.77. The molecule has 0 saturated heterocycles. The lowest BCUT2D eigenvalue weighted by molar-refractivity contribution is -0.118. The van der Waals surface area contributed by atoms with Crippen LogP contribution < -0.4 is 11.1 Å². The first-order chi connectivity index (χ1) is 9.70. The van der Waals surface area contributed by atoms with Gasteiger partial charge in [0.2, 0.25) is 15.9 Å². The number of rotatable bonds is 7. The van der Waals surface area contributed by atoms with Crippen molar-refractivity contribution in [3.8, 4) is 0 Å². The summed E-state index contributed by atoms with van der Waals surface area (Å²) in [6.07, 6.45) is 0. The number of amides is 1. The highest BCUT2D eigenvalue weighted by atomic mass is 32.2. The molecule has 6 nitrogen and oxygen atoms in total. The molecule has 0 fully saturated rings. The second-order valence-corrected chi connectivity index (χ2v) is 7.08. The van der Waals surface area contributed by atoms with E-state index in [1.807, 2.05) is 13.0 Å². The minimum atomic E-state index is -3.75. The zero-order valence-corrected chi connectivity index (χ0v) is 13.6. The molecule has 0 aliphatic rings. The summed E-state index contributed by atoms with van der Waals surface area (Å²) in [7, 11) is -1.95. The molecule has 7 heteroatoms. The van der Waals surface area contributed by atoms with Crippen LogP contribution in [0.15, 0.2) is 29.2 Å². The number of sulfonamides is 1. The van der Waals surface area contributed by atoms with Crippen molar-refractivity contribution in [1.29, 1.82) is 0 Å². The zero-order chi connectivity index (χ0) is 16.2. The molecule has 1 atom stereocenters. The monoisotopic (exact) mass is 313 g/mol. The number of nitrogens with zero attached hydrogens (tertiary/aromatic N) is 1. The van der Waals surface area contributed by atoms with Gasteiger partial charge in [-0.25, -0.2) is 8.42 Å². The van der Waals surface area contributed by atoms with Gasteiger partial charge in [0, 0.05) is 12.1 Å². The van der Waals surface area contributed by atoms with E-state index < -0.39 is 15.9 Å². The highest BCUT2D eigenvalue weighted by Crippen LogP contribution is 2.21. The van der Waals surface area contributed by atoms with E-state index in [2.05, 4.69) is 5.32 Å². The first kappa shape index (κ1) is 17.6. The molecule has 3 N–H and O–H groups in total. The fourth-order valence-corrected chi connectivity index (χ4v) is 3.60. The van der Waals surface area contributed by atoms with Gasteiger partial charge in [-0.1, -0.05) is 12.1 Å². The summed E-state index contributed by atoms with van der Waals surface area (Å²) >= 11 is 0. The molecule has 0 saturated carbocycles. The van der Waals surface area contributed by atoms with Crippen LogP contribution in [0.2, 0.25) is 0 Å². The highest BCUT2D eigenvalue weighted by Gasteiger charge is 2.28. The summed E-state index contributed by atoms with van der Waals surface area (Å²) in [5.41, 5.74) is 6.01. The summed E-state index contributed by atoms with van der Waals surface area (Å²) in [5.74, 6) is -0.674. The van der Waals surface area contributed by atoms with E-state index in [0.29, 0.717) is 0 Å². The maximum absolute atomic E-state index is 12.7. The third-order valence-corrected chi connectivity index (χ3v) is 5.30. The van der Waals surface area contributed by atoms with Gasteiger partial charge in [-0.2, -0.15) is 4.31 Å². The average Bonchev–Trinajstić information content (AvgIpc) is 2.43. The van der Waals surface area contributed by atoms with Crippen LogP contribution in [0, 0.1) is 0 Å². The molecule has 0 aromatic heterocycles. The van der Waals surface area contributed by atoms with Crippen molar-refractivity contribution in [3.63, 3.8) is 0 Å². The van der Waals surface area contributed by atoms with Gasteiger partial charge < -0.3 is 11.1 Å². The highest BCUT2D eigenvalue weighted by molar-refractivity contribution is 7.89. The Bertz CT molecular complexity index is 599. The summed E-state index contributed by atoms with van der Waals surface area (Å²) in [6, 6.07) is 6.37. The number of hydrogen-bond acceptors (Lipinski definition) is 4. The largest absolute Gasteiger partial charge is 0.369 e. The number of benzene rings is 1. The second kappa shape index (κ2) is 7.02. The minimum absolute atomic E-state index is 0.0313. The molecule has 0 aliphatic heterocycles. The van der Waals surface area contributed by atoms with Gasteiger partial charge in [0.1, 0.15) is 0 Å². The quantitative estimate of drug-likeness (QED) is 0.780. The summed E-state index contributed by atoms with van der Waals surface area (Å²) < 4.78 is 26.5. The zero-order valence-electron chi connectivity index (χ0n) is 12.8. The maximum Gasteiger partial charge on any atom is 0.243 e. The van der Waals surface area contributed by atoms with Gasteiger partial charge >= 0.3 is 0 Å². The second-order valence-electron chi connectivity index (χ2n) is 5.19. The minimum Gasteiger partial charge on any atom is -0.369 e. The standard InChI is InChI=1S/C14H23N3O3S/c1-10(2)17(9-14(15)18)21(19,20)13-7-5-6-12(8-13)11(3)16-4/h5-8,10-11,16H,9H2,1-4H3,(H2,15,18). The number of hydrogen-bond donors (Lipinski definition) is 2. The van der Waals surface area contributed by atoms with E-state index in [9.17, 15) is 13.2 Å². The predicted molar refractivity (Wildman–Crippen MR) is 82.1 cm³/mol. The Labute approximate surface area is 126 Å². The molecule has 0 spiro atoms. The van der Waals surface area contributed by atoms with Crippen LogP contribution >= 0.6 is 0 Å². The fraction of sp³-hybridized carbons (Fsp3) is 0.500. The summed E-state index contributed by atoms with van der Waals surface area (Å²) in [5, 5.41) is 3.06. The summed E-state index contributed by atoms with van der Waals surface area (Å²) in [4.78, 5) is 11.3. The molecule has 0 heterocycles. The predicted octanol–water partition coefficient (Wildman–Crippen LogP) is 0.851. The van der Waals surface area contributed by atoms with Gasteiger partial charge in [-0.05, 0) is 45.5 Å². The Morgan fingerprint density at radius 1 is 1.33 bits per heavy atom. The average molecular weight is 313 g/mol. The Balaban J connectivity index is 3.25. The van der Waals surface area contributed by atoms with Crippen LogP contribution in [0.4, 0.5) is 0 Å². The first-order valence-corrected chi connectivity index (χ1v) is 8.21. The molecule has 1 amide bonds. The smallest absolute Gasteiger partial charge is 0.243 e. The number of carbonyl (C=O) groups is 1. The van der Waals surface area contributed by atoms with Crippen molar-refractivity contribution in [2.24, 2.45) is 5.73 Å². The van der Waals surface area contributed by atoms with Crippen molar-refractivity contribution in [2.45, 2.75) is 37.8 Å². The number of nitrogens with two attached hydrogens (primary N) is 1. The topological polar surface area (TPSA) is 92.5 Å². The van der Waals surface area contributed by atoms with Crippen molar-refractivity contribution in [3.05, 3.63) is 29.8 Å². The Kier molecular flexibility index (Phi) is 5.88. The normalized spacial score (nSPS) is 13.6. The van der Waals surface area contributed by atoms with Crippen LogP contribution in [-0.4, -0.2) is 38.3 Å². The molecule has 0 aliphatic carbocycles.